The van der Waals surface area contributed by atoms with E-state index in [0.717, 1.165) is 12.8 Å². The van der Waals surface area contributed by atoms with Gasteiger partial charge in [-0.25, -0.2) is 4.79 Å². The van der Waals surface area contributed by atoms with Crippen molar-refractivity contribution < 1.29 is 9.32 Å². The molecule has 0 fully saturated rings. The minimum absolute atomic E-state index is 0.0313. The molecule has 0 radical (unpaired) electrons. The summed E-state index contributed by atoms with van der Waals surface area (Å²) in [5.74, 6) is 1.25. The van der Waals surface area contributed by atoms with Gasteiger partial charge in [-0.1, -0.05) is 39.3 Å². The number of nitrogens with zero attached hydrogens (tertiary/aromatic N) is 4. The largest absolute Gasteiger partial charge is 0.383 e. The van der Waals surface area contributed by atoms with Gasteiger partial charge < -0.3 is 15.2 Å². The van der Waals surface area contributed by atoms with Crippen molar-refractivity contribution in [1.82, 2.24) is 19.7 Å². The fraction of sp³-hybridized carbons (Fsp3) is 0.667. The Bertz CT molecular complexity index is 975. The minimum atomic E-state index is -0.642. The average molecular weight is 435 g/mol. The topological polar surface area (TPSA) is 140 Å². The monoisotopic (exact) mass is 434 g/mol. The summed E-state index contributed by atoms with van der Waals surface area (Å²) in [4.78, 5) is 45.9. The third kappa shape index (κ3) is 6.53. The van der Waals surface area contributed by atoms with Crippen molar-refractivity contribution >= 4 is 17.4 Å². The molecule has 0 aliphatic rings. The number of hydrogen-bond acceptors (Lipinski definition) is 7. The maximum absolute atomic E-state index is 13.1. The van der Waals surface area contributed by atoms with Crippen molar-refractivity contribution in [2.24, 2.45) is 5.92 Å². The molecule has 31 heavy (non-hydrogen) atoms. The number of anilines is 2. The quantitative estimate of drug-likeness (QED) is 0.522. The number of nitrogens with two attached hydrogens (primary N) is 1. The fourth-order valence-electron chi connectivity index (χ4n) is 3.19. The van der Waals surface area contributed by atoms with Crippen LogP contribution in [0.3, 0.4) is 0 Å². The van der Waals surface area contributed by atoms with Crippen LogP contribution in [0.2, 0.25) is 0 Å². The van der Waals surface area contributed by atoms with Gasteiger partial charge in [0.25, 0.3) is 5.56 Å². The summed E-state index contributed by atoms with van der Waals surface area (Å²) in [6.07, 6.45) is 4.14. The predicted octanol–water partition coefficient (Wildman–Crippen LogP) is 2.27. The second-order valence-corrected chi connectivity index (χ2v) is 8.04. The highest BCUT2D eigenvalue weighted by molar-refractivity contribution is 5.95. The first-order valence-corrected chi connectivity index (χ1v) is 11.0. The zero-order valence-electron chi connectivity index (χ0n) is 18.9. The van der Waals surface area contributed by atoms with Crippen molar-refractivity contribution in [3.05, 3.63) is 32.6 Å². The van der Waals surface area contributed by atoms with Crippen LogP contribution in [0.25, 0.3) is 0 Å². The second-order valence-electron chi connectivity index (χ2n) is 8.04. The molecule has 10 nitrogen and oxygen atoms in total. The van der Waals surface area contributed by atoms with Crippen molar-refractivity contribution in [3.8, 4) is 0 Å². The van der Waals surface area contributed by atoms with E-state index in [1.54, 1.807) is 0 Å². The summed E-state index contributed by atoms with van der Waals surface area (Å²) in [6.45, 7) is 8.74. The van der Waals surface area contributed by atoms with Crippen LogP contribution in [0.4, 0.5) is 11.5 Å². The van der Waals surface area contributed by atoms with Crippen molar-refractivity contribution in [1.29, 1.82) is 0 Å². The van der Waals surface area contributed by atoms with Crippen LogP contribution < -0.4 is 21.9 Å². The molecule has 172 valence electrons. The summed E-state index contributed by atoms with van der Waals surface area (Å²) in [6, 6.07) is 0. The molecule has 0 aliphatic heterocycles. The first-order chi connectivity index (χ1) is 14.8. The molecular formula is C21H34N6O4. The van der Waals surface area contributed by atoms with Gasteiger partial charge in [0, 0.05) is 32.4 Å². The molecule has 2 aromatic rings. The Balaban J connectivity index is 2.25. The van der Waals surface area contributed by atoms with Crippen molar-refractivity contribution in [2.75, 3.05) is 17.2 Å². The molecule has 0 unspecified atom stereocenters. The number of nitrogen functional groups attached to an aromatic ring is 1. The molecule has 2 rings (SSSR count). The lowest BCUT2D eigenvalue weighted by Crippen LogP contribution is -2.42. The Morgan fingerprint density at radius 1 is 1.26 bits per heavy atom. The number of aromatic nitrogens is 4. The zero-order valence-corrected chi connectivity index (χ0v) is 18.9. The van der Waals surface area contributed by atoms with Gasteiger partial charge in [0.05, 0.1) is 0 Å². The highest BCUT2D eigenvalue weighted by Crippen LogP contribution is 2.20. The predicted molar refractivity (Wildman–Crippen MR) is 119 cm³/mol. The number of carbonyl (C=O) groups is 1. The number of nitrogens with one attached hydrogen (secondary N) is 1. The van der Waals surface area contributed by atoms with Crippen molar-refractivity contribution in [3.63, 3.8) is 0 Å². The number of amides is 1. The highest BCUT2D eigenvalue weighted by Gasteiger charge is 2.24. The molecule has 2 heterocycles. The number of H-pyrrole nitrogens is 1. The summed E-state index contributed by atoms with van der Waals surface area (Å²) in [7, 11) is 0. The number of rotatable bonds is 12. The number of hydrogen-bond donors (Lipinski definition) is 2. The van der Waals surface area contributed by atoms with Gasteiger partial charge in [0.2, 0.25) is 11.8 Å². The summed E-state index contributed by atoms with van der Waals surface area (Å²) < 4.78 is 6.50. The van der Waals surface area contributed by atoms with Crippen LogP contribution in [-0.2, 0) is 24.2 Å². The molecule has 0 bridgehead atoms. The SMILES string of the molecule is CCCCn1c(N)c(N(CCC(C)C)C(=O)CCCc2nc(CC)no2)c(=O)[nH]c1=O. The first-order valence-electron chi connectivity index (χ1n) is 11.0. The van der Waals surface area contributed by atoms with Crippen molar-refractivity contribution in [2.45, 2.75) is 79.2 Å². The molecule has 0 aliphatic carbocycles. The smallest absolute Gasteiger partial charge is 0.330 e. The maximum atomic E-state index is 13.1. The molecule has 1 amide bonds. The van der Waals surface area contributed by atoms with Crippen LogP contribution in [-0.4, -0.2) is 32.1 Å². The van der Waals surface area contributed by atoms with Gasteiger partial charge in [-0.2, -0.15) is 4.98 Å². The van der Waals surface area contributed by atoms with Gasteiger partial charge in [-0.3, -0.25) is 19.1 Å². The van der Waals surface area contributed by atoms with E-state index in [0.29, 0.717) is 56.4 Å². The zero-order chi connectivity index (χ0) is 23.0. The van der Waals surface area contributed by atoms with Gasteiger partial charge in [-0.15, -0.1) is 0 Å². The summed E-state index contributed by atoms with van der Waals surface area (Å²) >= 11 is 0. The van der Waals surface area contributed by atoms with Gasteiger partial charge in [-0.05, 0) is 25.2 Å². The Hall–Kier alpha value is -2.91. The number of aryl methyl sites for hydroxylation is 2. The van der Waals surface area contributed by atoms with Gasteiger partial charge in [0.15, 0.2) is 11.5 Å². The number of unbranched alkanes of at least 4 members (excludes halogenated alkanes) is 1. The fourth-order valence-corrected chi connectivity index (χ4v) is 3.19. The summed E-state index contributed by atoms with van der Waals surface area (Å²) in [5.41, 5.74) is 5.07. The lowest BCUT2D eigenvalue weighted by molar-refractivity contribution is -0.118. The molecular weight excluding hydrogens is 400 g/mol. The third-order valence-corrected chi connectivity index (χ3v) is 5.06. The van der Waals surface area contributed by atoms with Gasteiger partial charge in [0.1, 0.15) is 5.82 Å². The van der Waals surface area contributed by atoms with E-state index < -0.39 is 11.2 Å². The van der Waals surface area contributed by atoms with Gasteiger partial charge >= 0.3 is 5.69 Å². The Morgan fingerprint density at radius 3 is 2.61 bits per heavy atom. The van der Waals surface area contributed by atoms with E-state index in [-0.39, 0.29) is 23.8 Å². The molecule has 0 spiro atoms. The van der Waals surface area contributed by atoms with Crippen LogP contribution in [0.15, 0.2) is 14.1 Å². The van der Waals surface area contributed by atoms with Crippen LogP contribution in [0.5, 0.6) is 0 Å². The summed E-state index contributed by atoms with van der Waals surface area (Å²) in [5, 5.41) is 3.85. The Labute approximate surface area is 181 Å². The van der Waals surface area contributed by atoms with Crippen LogP contribution >= 0.6 is 0 Å². The van der Waals surface area contributed by atoms with E-state index in [2.05, 4.69) is 15.1 Å². The average Bonchev–Trinajstić information content (AvgIpc) is 3.17. The molecule has 0 aromatic carbocycles. The Kier molecular flexibility index (Phi) is 9.02. The Morgan fingerprint density at radius 2 is 2.00 bits per heavy atom. The molecule has 10 heteroatoms. The minimum Gasteiger partial charge on any atom is -0.383 e. The normalized spacial score (nSPS) is 11.3. The molecule has 0 atom stereocenters. The van der Waals surface area contributed by atoms with Crippen LogP contribution in [0.1, 0.15) is 71.5 Å². The maximum Gasteiger partial charge on any atom is 0.330 e. The van der Waals surface area contributed by atoms with E-state index in [1.165, 1.54) is 9.47 Å². The lowest BCUT2D eigenvalue weighted by Gasteiger charge is -2.25. The molecule has 0 saturated heterocycles. The first kappa shape index (κ1) is 24.4. The van der Waals surface area contributed by atoms with E-state index >= 15 is 0 Å². The van der Waals surface area contributed by atoms with Crippen LogP contribution in [0, 0.1) is 5.92 Å². The molecule has 3 N–H and O–H groups in total. The third-order valence-electron chi connectivity index (χ3n) is 5.06. The standard InChI is InChI=1S/C21H34N6O4/c1-5-7-12-27-19(22)18(20(29)24-21(27)30)26(13-11-14(3)4)17(28)10-8-9-16-23-15(6-2)25-31-16/h14H,5-13,22H2,1-4H3,(H,24,29,30). The highest BCUT2D eigenvalue weighted by atomic mass is 16.5. The lowest BCUT2D eigenvalue weighted by atomic mass is 10.1. The van der Waals surface area contributed by atoms with E-state index in [9.17, 15) is 14.4 Å². The second kappa shape index (κ2) is 11.5. The number of aromatic amines is 1. The van der Waals surface area contributed by atoms with E-state index in [4.69, 9.17) is 10.3 Å². The number of carbonyl (C=O) groups excluding carboxylic acids is 1. The molecule has 2 aromatic heterocycles. The molecule has 0 saturated carbocycles. The van der Waals surface area contributed by atoms with E-state index in [1.807, 2.05) is 27.7 Å².